The van der Waals surface area contributed by atoms with E-state index in [4.69, 9.17) is 16.3 Å². The maximum absolute atomic E-state index is 11.3. The summed E-state index contributed by atoms with van der Waals surface area (Å²) in [5.74, 6) is 0.690. The number of hydrogen-bond donors (Lipinski definition) is 0. The summed E-state index contributed by atoms with van der Waals surface area (Å²) in [6.07, 6.45) is 0. The molecule has 1 aliphatic rings. The molecular weight excluding hydrogens is 202 g/mol. The van der Waals surface area contributed by atoms with Gasteiger partial charge in [-0.2, -0.15) is 0 Å². The average Bonchev–Trinajstić information content (AvgIpc) is 2.12. The summed E-state index contributed by atoms with van der Waals surface area (Å²) in [6.45, 7) is 2.01. The number of amides is 1. The van der Waals surface area contributed by atoms with Crippen molar-refractivity contribution in [3.8, 4) is 5.75 Å². The standard InChI is InChI=1S/C10H10ClNO2/c1-6-3-7(11)4-8-10(6)14-5-9(13)12(8)2/h3-4H,5H2,1-2H3. The largest absolute Gasteiger partial charge is 0.481 e. The number of anilines is 1. The second-order valence-electron chi connectivity index (χ2n) is 3.31. The van der Waals surface area contributed by atoms with E-state index in [2.05, 4.69) is 0 Å². The molecule has 1 amide bonds. The first kappa shape index (κ1) is 9.34. The number of halogens is 1. The Morgan fingerprint density at radius 2 is 2.21 bits per heavy atom. The third-order valence-electron chi connectivity index (χ3n) is 2.30. The minimum atomic E-state index is -0.0563. The van der Waals surface area contributed by atoms with Crippen LogP contribution in [0.2, 0.25) is 5.02 Å². The zero-order chi connectivity index (χ0) is 10.3. The molecule has 0 aliphatic carbocycles. The van der Waals surface area contributed by atoms with Gasteiger partial charge >= 0.3 is 0 Å². The summed E-state index contributed by atoms with van der Waals surface area (Å²) < 4.78 is 5.34. The molecule has 0 saturated heterocycles. The molecule has 1 heterocycles. The lowest BCUT2D eigenvalue weighted by Crippen LogP contribution is -2.35. The fourth-order valence-electron chi connectivity index (χ4n) is 1.51. The van der Waals surface area contributed by atoms with E-state index in [9.17, 15) is 4.79 Å². The highest BCUT2D eigenvalue weighted by Crippen LogP contribution is 2.36. The highest BCUT2D eigenvalue weighted by molar-refractivity contribution is 6.31. The Hall–Kier alpha value is -1.22. The van der Waals surface area contributed by atoms with Crippen LogP contribution in [0.25, 0.3) is 0 Å². The lowest BCUT2D eigenvalue weighted by atomic mass is 10.1. The van der Waals surface area contributed by atoms with E-state index in [1.165, 1.54) is 0 Å². The van der Waals surface area contributed by atoms with Gasteiger partial charge in [0.15, 0.2) is 6.61 Å². The molecule has 0 spiro atoms. The van der Waals surface area contributed by atoms with Crippen LogP contribution in [0.15, 0.2) is 12.1 Å². The minimum Gasteiger partial charge on any atom is -0.481 e. The molecule has 0 N–H and O–H groups in total. The van der Waals surface area contributed by atoms with Crippen molar-refractivity contribution in [2.75, 3.05) is 18.6 Å². The molecule has 0 saturated carbocycles. The summed E-state index contributed by atoms with van der Waals surface area (Å²) in [4.78, 5) is 12.9. The van der Waals surface area contributed by atoms with Crippen molar-refractivity contribution in [1.29, 1.82) is 0 Å². The number of aryl methyl sites for hydroxylation is 1. The highest BCUT2D eigenvalue weighted by atomic mass is 35.5. The normalized spacial score (nSPS) is 15.1. The third kappa shape index (κ3) is 1.34. The number of nitrogens with zero attached hydrogens (tertiary/aromatic N) is 1. The molecule has 3 nitrogen and oxygen atoms in total. The molecule has 1 aromatic rings. The van der Waals surface area contributed by atoms with Crippen molar-refractivity contribution < 1.29 is 9.53 Å². The number of rotatable bonds is 0. The lowest BCUT2D eigenvalue weighted by Gasteiger charge is -2.27. The topological polar surface area (TPSA) is 29.5 Å². The number of carbonyl (C=O) groups is 1. The summed E-state index contributed by atoms with van der Waals surface area (Å²) in [6, 6.07) is 3.56. The van der Waals surface area contributed by atoms with Gasteiger partial charge in [-0.3, -0.25) is 4.79 Å². The first-order valence-electron chi connectivity index (χ1n) is 4.29. The Morgan fingerprint density at radius 3 is 2.93 bits per heavy atom. The quantitative estimate of drug-likeness (QED) is 0.657. The second-order valence-corrected chi connectivity index (χ2v) is 3.75. The Kier molecular flexibility index (Phi) is 2.11. The fourth-order valence-corrected chi connectivity index (χ4v) is 1.78. The van der Waals surface area contributed by atoms with Gasteiger partial charge in [0, 0.05) is 12.1 Å². The van der Waals surface area contributed by atoms with Crippen LogP contribution in [-0.4, -0.2) is 19.6 Å². The maximum Gasteiger partial charge on any atom is 0.264 e. The van der Waals surface area contributed by atoms with Crippen molar-refractivity contribution in [2.45, 2.75) is 6.92 Å². The highest BCUT2D eigenvalue weighted by Gasteiger charge is 2.23. The van der Waals surface area contributed by atoms with Crippen molar-refractivity contribution in [3.05, 3.63) is 22.7 Å². The molecular formula is C10H10ClNO2. The Labute approximate surface area is 87.2 Å². The van der Waals surface area contributed by atoms with Crippen LogP contribution in [0.3, 0.4) is 0 Å². The van der Waals surface area contributed by atoms with E-state index in [1.807, 2.05) is 13.0 Å². The van der Waals surface area contributed by atoms with Gasteiger partial charge in [0.2, 0.25) is 0 Å². The first-order valence-corrected chi connectivity index (χ1v) is 4.67. The van der Waals surface area contributed by atoms with Crippen LogP contribution in [0.1, 0.15) is 5.56 Å². The smallest absolute Gasteiger partial charge is 0.264 e. The van der Waals surface area contributed by atoms with E-state index < -0.39 is 0 Å². The van der Waals surface area contributed by atoms with E-state index in [1.54, 1.807) is 18.0 Å². The van der Waals surface area contributed by atoms with Crippen molar-refractivity contribution in [3.63, 3.8) is 0 Å². The maximum atomic E-state index is 11.3. The molecule has 14 heavy (non-hydrogen) atoms. The second kappa shape index (κ2) is 3.17. The van der Waals surface area contributed by atoms with Gasteiger partial charge in [-0.1, -0.05) is 11.6 Å². The van der Waals surface area contributed by atoms with Gasteiger partial charge in [-0.25, -0.2) is 0 Å². The summed E-state index contributed by atoms with van der Waals surface area (Å²) in [7, 11) is 1.72. The van der Waals surface area contributed by atoms with Crippen molar-refractivity contribution >= 4 is 23.2 Å². The summed E-state index contributed by atoms with van der Waals surface area (Å²) in [5, 5.41) is 0.617. The Bertz CT molecular complexity index is 403. The number of likely N-dealkylation sites (N-methyl/N-ethyl adjacent to an activating group) is 1. The van der Waals surface area contributed by atoms with Gasteiger partial charge in [-0.05, 0) is 24.6 Å². The summed E-state index contributed by atoms with van der Waals surface area (Å²) >= 11 is 5.90. The Morgan fingerprint density at radius 1 is 1.50 bits per heavy atom. The van der Waals surface area contributed by atoms with Crippen molar-refractivity contribution in [2.24, 2.45) is 0 Å². The predicted molar refractivity (Wildman–Crippen MR) is 55.1 cm³/mol. The molecule has 0 fully saturated rings. The van der Waals surface area contributed by atoms with E-state index >= 15 is 0 Å². The molecule has 0 bridgehead atoms. The van der Waals surface area contributed by atoms with Gasteiger partial charge in [0.1, 0.15) is 5.75 Å². The molecule has 4 heteroatoms. The van der Waals surface area contributed by atoms with E-state index in [0.29, 0.717) is 5.02 Å². The monoisotopic (exact) mass is 211 g/mol. The van der Waals surface area contributed by atoms with E-state index in [0.717, 1.165) is 17.0 Å². The lowest BCUT2D eigenvalue weighted by molar-refractivity contribution is -0.120. The van der Waals surface area contributed by atoms with Crippen LogP contribution in [0.5, 0.6) is 5.75 Å². The Balaban J connectivity index is 2.59. The molecule has 1 aliphatic heterocycles. The van der Waals surface area contributed by atoms with Crippen molar-refractivity contribution in [1.82, 2.24) is 0 Å². The number of fused-ring (bicyclic) bond motifs is 1. The predicted octanol–water partition coefficient (Wildman–Crippen LogP) is 2.00. The zero-order valence-electron chi connectivity index (χ0n) is 8.00. The zero-order valence-corrected chi connectivity index (χ0v) is 8.76. The molecule has 0 unspecified atom stereocenters. The molecule has 0 atom stereocenters. The average molecular weight is 212 g/mol. The van der Waals surface area contributed by atoms with Gasteiger partial charge < -0.3 is 9.64 Å². The van der Waals surface area contributed by atoms with Crippen LogP contribution in [0.4, 0.5) is 5.69 Å². The van der Waals surface area contributed by atoms with Crippen LogP contribution >= 0.6 is 11.6 Å². The molecule has 0 aromatic heterocycles. The SMILES string of the molecule is Cc1cc(Cl)cc2c1OCC(=O)N2C. The van der Waals surface area contributed by atoms with E-state index in [-0.39, 0.29) is 12.5 Å². The number of hydrogen-bond acceptors (Lipinski definition) is 2. The van der Waals surface area contributed by atoms with Crippen LogP contribution < -0.4 is 9.64 Å². The molecule has 1 aromatic carbocycles. The number of carbonyl (C=O) groups excluding carboxylic acids is 1. The van der Waals surface area contributed by atoms with Crippen LogP contribution in [0, 0.1) is 6.92 Å². The summed E-state index contributed by atoms with van der Waals surface area (Å²) in [5.41, 5.74) is 1.69. The van der Waals surface area contributed by atoms with Gasteiger partial charge in [0.25, 0.3) is 5.91 Å². The molecule has 74 valence electrons. The van der Waals surface area contributed by atoms with Gasteiger partial charge in [0.05, 0.1) is 5.69 Å². The molecule has 0 radical (unpaired) electrons. The minimum absolute atomic E-state index is 0.0563. The van der Waals surface area contributed by atoms with Crippen LogP contribution in [-0.2, 0) is 4.79 Å². The third-order valence-corrected chi connectivity index (χ3v) is 2.51. The van der Waals surface area contributed by atoms with Gasteiger partial charge in [-0.15, -0.1) is 0 Å². The number of ether oxygens (including phenoxy) is 1. The first-order chi connectivity index (χ1) is 6.59. The fraction of sp³-hybridized carbons (Fsp3) is 0.300. The number of benzene rings is 1. The molecule has 2 rings (SSSR count).